The van der Waals surface area contributed by atoms with Gasteiger partial charge in [-0.05, 0) is 48.8 Å². The molecule has 1 unspecified atom stereocenters. The van der Waals surface area contributed by atoms with E-state index in [1.165, 1.54) is 32.8 Å². The summed E-state index contributed by atoms with van der Waals surface area (Å²) in [6, 6.07) is 6.52. The number of hydrogen-bond donors (Lipinski definition) is 2. The molecule has 0 spiro atoms. The zero-order valence-corrected chi connectivity index (χ0v) is 13.9. The Labute approximate surface area is 133 Å². The molecular formula is C18H28N2O2. The third-order valence-corrected chi connectivity index (χ3v) is 4.53. The van der Waals surface area contributed by atoms with Crippen molar-refractivity contribution in [3.05, 3.63) is 23.8 Å². The quantitative estimate of drug-likeness (QED) is 0.642. The molecule has 1 aromatic carbocycles. The topological polar surface area (TPSA) is 64.3 Å². The maximum atomic E-state index is 11.2. The first-order chi connectivity index (χ1) is 10.4. The van der Waals surface area contributed by atoms with Gasteiger partial charge in [0.25, 0.3) is 0 Å². The molecule has 4 heteroatoms. The number of rotatable bonds is 5. The number of anilines is 2. The highest BCUT2D eigenvalue weighted by Gasteiger charge is 2.28. The highest BCUT2D eigenvalue weighted by atomic mass is 16.5. The SMILES string of the molecule is COC(=O)CCc1ccc(NC2CCCC(C)(C)C2)c(N)c1. The fraction of sp³-hybridized carbons (Fsp3) is 0.611. The molecule has 1 aromatic rings. The minimum atomic E-state index is -0.190. The van der Waals surface area contributed by atoms with Crippen LogP contribution in [0.25, 0.3) is 0 Å². The van der Waals surface area contributed by atoms with Gasteiger partial charge in [-0.25, -0.2) is 0 Å². The van der Waals surface area contributed by atoms with Crippen molar-refractivity contribution in [2.45, 2.75) is 58.4 Å². The van der Waals surface area contributed by atoms with E-state index in [1.807, 2.05) is 18.2 Å². The summed E-state index contributed by atoms with van der Waals surface area (Å²) in [5.41, 5.74) is 9.40. The third kappa shape index (κ3) is 4.65. The van der Waals surface area contributed by atoms with E-state index in [9.17, 15) is 4.79 Å². The van der Waals surface area contributed by atoms with Crippen molar-refractivity contribution in [3.63, 3.8) is 0 Å². The van der Waals surface area contributed by atoms with Crippen molar-refractivity contribution in [1.29, 1.82) is 0 Å². The lowest BCUT2D eigenvalue weighted by Gasteiger charge is -2.36. The van der Waals surface area contributed by atoms with E-state index in [0.29, 0.717) is 24.3 Å². The van der Waals surface area contributed by atoms with E-state index >= 15 is 0 Å². The Morgan fingerprint density at radius 3 is 2.86 bits per heavy atom. The van der Waals surface area contributed by atoms with Gasteiger partial charge in [0, 0.05) is 12.5 Å². The molecule has 1 saturated carbocycles. The molecule has 22 heavy (non-hydrogen) atoms. The number of nitrogen functional groups attached to an aromatic ring is 1. The maximum Gasteiger partial charge on any atom is 0.305 e. The second-order valence-corrected chi connectivity index (χ2v) is 7.10. The van der Waals surface area contributed by atoms with Crippen LogP contribution in [-0.4, -0.2) is 19.1 Å². The Morgan fingerprint density at radius 1 is 1.45 bits per heavy atom. The van der Waals surface area contributed by atoms with E-state index in [4.69, 9.17) is 5.73 Å². The fourth-order valence-electron chi connectivity index (χ4n) is 3.29. The van der Waals surface area contributed by atoms with Crippen molar-refractivity contribution in [2.24, 2.45) is 5.41 Å². The van der Waals surface area contributed by atoms with Gasteiger partial charge >= 0.3 is 5.97 Å². The Hall–Kier alpha value is -1.71. The number of benzene rings is 1. The predicted molar refractivity (Wildman–Crippen MR) is 90.9 cm³/mol. The molecule has 1 aliphatic carbocycles. The summed E-state index contributed by atoms with van der Waals surface area (Å²) in [6.45, 7) is 4.67. The molecule has 1 fully saturated rings. The van der Waals surface area contributed by atoms with Crippen LogP contribution in [0.3, 0.4) is 0 Å². The fourth-order valence-corrected chi connectivity index (χ4v) is 3.29. The lowest BCUT2D eigenvalue weighted by Crippen LogP contribution is -2.32. The standard InChI is InChI=1S/C18H28N2O2/c1-18(2)10-4-5-14(12-18)20-16-8-6-13(11-15(16)19)7-9-17(21)22-3/h6,8,11,14,20H,4-5,7,9-10,12,19H2,1-3H3. The summed E-state index contributed by atoms with van der Waals surface area (Å²) < 4.78 is 4.66. The van der Waals surface area contributed by atoms with Gasteiger partial charge in [0.1, 0.15) is 0 Å². The third-order valence-electron chi connectivity index (χ3n) is 4.53. The summed E-state index contributed by atoms with van der Waals surface area (Å²) in [5.74, 6) is -0.190. The summed E-state index contributed by atoms with van der Waals surface area (Å²) in [5, 5.41) is 3.59. The van der Waals surface area contributed by atoms with E-state index in [1.54, 1.807) is 0 Å². The van der Waals surface area contributed by atoms with Crippen LogP contribution in [0.5, 0.6) is 0 Å². The highest BCUT2D eigenvalue weighted by molar-refractivity contribution is 5.70. The van der Waals surface area contributed by atoms with Crippen LogP contribution in [0.15, 0.2) is 18.2 Å². The first kappa shape index (κ1) is 16.7. The molecule has 0 aromatic heterocycles. The Morgan fingerprint density at radius 2 is 2.23 bits per heavy atom. The van der Waals surface area contributed by atoms with Crippen LogP contribution in [0, 0.1) is 5.41 Å². The number of carbonyl (C=O) groups is 1. The molecule has 1 atom stereocenters. The van der Waals surface area contributed by atoms with Gasteiger partial charge < -0.3 is 15.8 Å². The largest absolute Gasteiger partial charge is 0.469 e. The number of esters is 1. The van der Waals surface area contributed by atoms with E-state index in [0.717, 1.165) is 16.9 Å². The van der Waals surface area contributed by atoms with E-state index in [2.05, 4.69) is 23.9 Å². The van der Waals surface area contributed by atoms with Gasteiger partial charge in [0.05, 0.1) is 18.5 Å². The van der Waals surface area contributed by atoms with Gasteiger partial charge in [-0.2, -0.15) is 0 Å². The molecule has 122 valence electrons. The van der Waals surface area contributed by atoms with Crippen LogP contribution >= 0.6 is 0 Å². The molecule has 0 bridgehead atoms. The molecule has 0 radical (unpaired) electrons. The number of nitrogens with one attached hydrogen (secondary N) is 1. The number of hydrogen-bond acceptors (Lipinski definition) is 4. The Kier molecular flexibility index (Phi) is 5.33. The highest BCUT2D eigenvalue weighted by Crippen LogP contribution is 2.37. The maximum absolute atomic E-state index is 11.2. The number of aryl methyl sites for hydroxylation is 1. The van der Waals surface area contributed by atoms with E-state index in [-0.39, 0.29) is 5.97 Å². The second kappa shape index (κ2) is 7.03. The second-order valence-electron chi connectivity index (χ2n) is 7.10. The number of carbonyl (C=O) groups excluding carboxylic acids is 1. The molecule has 4 nitrogen and oxygen atoms in total. The van der Waals surface area contributed by atoms with Crippen molar-refractivity contribution < 1.29 is 9.53 Å². The van der Waals surface area contributed by atoms with Crippen molar-refractivity contribution in [2.75, 3.05) is 18.2 Å². The normalized spacial score (nSPS) is 20.4. The van der Waals surface area contributed by atoms with Gasteiger partial charge in [0.15, 0.2) is 0 Å². The van der Waals surface area contributed by atoms with Crippen LogP contribution in [-0.2, 0) is 16.0 Å². The van der Waals surface area contributed by atoms with Gasteiger partial charge in [-0.1, -0.05) is 26.3 Å². The average Bonchev–Trinajstić information content (AvgIpc) is 2.46. The lowest BCUT2D eigenvalue weighted by molar-refractivity contribution is -0.140. The van der Waals surface area contributed by atoms with Gasteiger partial charge in [-0.15, -0.1) is 0 Å². The summed E-state index contributed by atoms with van der Waals surface area (Å²) >= 11 is 0. The summed E-state index contributed by atoms with van der Waals surface area (Å²) in [4.78, 5) is 11.2. The molecular weight excluding hydrogens is 276 g/mol. The summed E-state index contributed by atoms with van der Waals surface area (Å²) in [7, 11) is 1.41. The zero-order valence-electron chi connectivity index (χ0n) is 13.9. The molecule has 1 aliphatic rings. The smallest absolute Gasteiger partial charge is 0.305 e. The molecule has 0 amide bonds. The average molecular weight is 304 g/mol. The number of nitrogens with two attached hydrogens (primary N) is 1. The number of ether oxygens (including phenoxy) is 1. The predicted octanol–water partition coefficient (Wildman–Crippen LogP) is 3.76. The van der Waals surface area contributed by atoms with Crippen molar-refractivity contribution in [3.8, 4) is 0 Å². The van der Waals surface area contributed by atoms with Gasteiger partial charge in [-0.3, -0.25) is 4.79 Å². The number of methoxy groups -OCH3 is 1. The Bertz CT molecular complexity index is 526. The van der Waals surface area contributed by atoms with Crippen molar-refractivity contribution in [1.82, 2.24) is 0 Å². The summed E-state index contributed by atoms with van der Waals surface area (Å²) in [6.07, 6.45) is 5.99. The first-order valence-electron chi connectivity index (χ1n) is 8.11. The Balaban J connectivity index is 1.96. The van der Waals surface area contributed by atoms with Crippen molar-refractivity contribution >= 4 is 17.3 Å². The minimum Gasteiger partial charge on any atom is -0.469 e. The van der Waals surface area contributed by atoms with Crippen LogP contribution in [0.1, 0.15) is 51.5 Å². The van der Waals surface area contributed by atoms with Crippen LogP contribution < -0.4 is 11.1 Å². The zero-order chi connectivity index (χ0) is 16.2. The first-order valence-corrected chi connectivity index (χ1v) is 8.11. The molecule has 0 aliphatic heterocycles. The van der Waals surface area contributed by atoms with E-state index < -0.39 is 0 Å². The molecule has 0 saturated heterocycles. The lowest BCUT2D eigenvalue weighted by atomic mass is 9.75. The molecule has 0 heterocycles. The van der Waals surface area contributed by atoms with Crippen LogP contribution in [0.4, 0.5) is 11.4 Å². The molecule has 2 rings (SSSR count). The molecule has 3 N–H and O–H groups in total. The minimum absolute atomic E-state index is 0.190. The van der Waals surface area contributed by atoms with Gasteiger partial charge in [0.2, 0.25) is 0 Å². The monoisotopic (exact) mass is 304 g/mol. The van der Waals surface area contributed by atoms with Crippen LogP contribution in [0.2, 0.25) is 0 Å².